The molecule has 0 aromatic carbocycles. The number of nitrogens with zero attached hydrogens (tertiary/aromatic N) is 2. The number of hydrogen-bond donors (Lipinski definition) is 0. The van der Waals surface area contributed by atoms with Crippen LogP contribution in [0, 0.1) is 0 Å². The summed E-state index contributed by atoms with van der Waals surface area (Å²) in [5.41, 5.74) is 0. The topological polar surface area (TPSA) is 32.8 Å². The molecule has 1 aliphatic heterocycles. The first-order valence-electron chi connectivity index (χ1n) is 5.42. The van der Waals surface area contributed by atoms with E-state index in [-0.39, 0.29) is 6.09 Å². The SMILES string of the molecule is CCCN1CCN(C(=O)OCC)CC1. The summed E-state index contributed by atoms with van der Waals surface area (Å²) in [6.45, 7) is 9.19. The van der Waals surface area contributed by atoms with Gasteiger partial charge >= 0.3 is 6.09 Å². The number of amides is 1. The van der Waals surface area contributed by atoms with Crippen LogP contribution in [-0.4, -0.2) is 55.2 Å². The third-order valence-electron chi connectivity index (χ3n) is 2.44. The van der Waals surface area contributed by atoms with Gasteiger partial charge in [0.15, 0.2) is 0 Å². The van der Waals surface area contributed by atoms with Crippen LogP contribution >= 0.6 is 0 Å². The highest BCUT2D eigenvalue weighted by Gasteiger charge is 2.20. The van der Waals surface area contributed by atoms with Crippen molar-refractivity contribution in [2.24, 2.45) is 0 Å². The van der Waals surface area contributed by atoms with Gasteiger partial charge in [0.2, 0.25) is 0 Å². The van der Waals surface area contributed by atoms with E-state index in [9.17, 15) is 4.79 Å². The minimum absolute atomic E-state index is 0.163. The van der Waals surface area contributed by atoms with Crippen molar-refractivity contribution in [3.63, 3.8) is 0 Å². The van der Waals surface area contributed by atoms with Crippen LogP contribution in [0.4, 0.5) is 4.79 Å². The van der Waals surface area contributed by atoms with Crippen molar-refractivity contribution in [2.45, 2.75) is 20.3 Å². The molecule has 0 radical (unpaired) electrons. The van der Waals surface area contributed by atoms with Gasteiger partial charge in [-0.3, -0.25) is 4.90 Å². The monoisotopic (exact) mass is 200 g/mol. The van der Waals surface area contributed by atoms with E-state index in [2.05, 4.69) is 11.8 Å². The Morgan fingerprint density at radius 3 is 2.36 bits per heavy atom. The molecule has 1 saturated heterocycles. The zero-order valence-corrected chi connectivity index (χ0v) is 9.16. The Kier molecular flexibility index (Phi) is 4.73. The molecule has 0 N–H and O–H groups in total. The summed E-state index contributed by atoms with van der Waals surface area (Å²) in [5, 5.41) is 0. The lowest BCUT2D eigenvalue weighted by atomic mass is 10.3. The lowest BCUT2D eigenvalue weighted by Crippen LogP contribution is -2.48. The summed E-state index contributed by atoms with van der Waals surface area (Å²) in [4.78, 5) is 15.5. The van der Waals surface area contributed by atoms with Crippen LogP contribution in [0.25, 0.3) is 0 Å². The molecule has 1 fully saturated rings. The van der Waals surface area contributed by atoms with E-state index in [4.69, 9.17) is 4.74 Å². The van der Waals surface area contributed by atoms with Gasteiger partial charge in [0, 0.05) is 26.2 Å². The molecule has 1 rings (SSSR count). The second-order valence-electron chi connectivity index (χ2n) is 3.53. The van der Waals surface area contributed by atoms with Crippen LogP contribution < -0.4 is 0 Å². The van der Waals surface area contributed by atoms with E-state index < -0.39 is 0 Å². The van der Waals surface area contributed by atoms with Crippen LogP contribution in [0.3, 0.4) is 0 Å². The summed E-state index contributed by atoms with van der Waals surface area (Å²) in [6.07, 6.45) is 1.02. The van der Waals surface area contributed by atoms with Gasteiger partial charge in [-0.15, -0.1) is 0 Å². The molecule has 4 nitrogen and oxygen atoms in total. The second-order valence-corrected chi connectivity index (χ2v) is 3.53. The summed E-state index contributed by atoms with van der Waals surface area (Å²) in [7, 11) is 0. The molecule has 0 bridgehead atoms. The van der Waals surface area contributed by atoms with Gasteiger partial charge < -0.3 is 9.64 Å². The third kappa shape index (κ3) is 3.18. The third-order valence-corrected chi connectivity index (χ3v) is 2.44. The van der Waals surface area contributed by atoms with E-state index >= 15 is 0 Å². The average Bonchev–Trinajstić information content (AvgIpc) is 2.20. The fraction of sp³-hybridized carbons (Fsp3) is 0.900. The highest BCUT2D eigenvalue weighted by Crippen LogP contribution is 2.03. The van der Waals surface area contributed by atoms with Crippen LogP contribution in [0.2, 0.25) is 0 Å². The predicted molar refractivity (Wildman–Crippen MR) is 55.3 cm³/mol. The van der Waals surface area contributed by atoms with Gasteiger partial charge in [-0.25, -0.2) is 4.79 Å². The Morgan fingerprint density at radius 1 is 1.21 bits per heavy atom. The van der Waals surface area contributed by atoms with Crippen molar-refractivity contribution in [3.05, 3.63) is 0 Å². The number of piperazine rings is 1. The van der Waals surface area contributed by atoms with Gasteiger partial charge in [-0.1, -0.05) is 6.92 Å². The molecule has 4 heteroatoms. The molecule has 0 spiro atoms. The summed E-state index contributed by atoms with van der Waals surface area (Å²) in [5.74, 6) is 0. The summed E-state index contributed by atoms with van der Waals surface area (Å²) >= 11 is 0. The zero-order valence-electron chi connectivity index (χ0n) is 9.16. The molecule has 0 aromatic heterocycles. The lowest BCUT2D eigenvalue weighted by Gasteiger charge is -2.33. The highest BCUT2D eigenvalue weighted by molar-refractivity contribution is 5.67. The largest absolute Gasteiger partial charge is 0.450 e. The molecule has 0 saturated carbocycles. The van der Waals surface area contributed by atoms with Crippen molar-refractivity contribution in [2.75, 3.05) is 39.3 Å². The van der Waals surface area contributed by atoms with E-state index in [1.54, 1.807) is 4.90 Å². The van der Waals surface area contributed by atoms with E-state index in [1.165, 1.54) is 6.42 Å². The van der Waals surface area contributed by atoms with Crippen molar-refractivity contribution in [1.29, 1.82) is 0 Å². The van der Waals surface area contributed by atoms with Crippen molar-refractivity contribution < 1.29 is 9.53 Å². The number of ether oxygens (including phenoxy) is 1. The first-order chi connectivity index (χ1) is 6.77. The molecular weight excluding hydrogens is 180 g/mol. The standard InChI is InChI=1S/C10H20N2O2/c1-3-5-11-6-8-12(9-7-11)10(13)14-4-2/h3-9H2,1-2H3. The Balaban J connectivity index is 2.24. The van der Waals surface area contributed by atoms with Gasteiger partial charge in [0.1, 0.15) is 0 Å². The van der Waals surface area contributed by atoms with Gasteiger partial charge in [-0.2, -0.15) is 0 Å². The molecule has 82 valence electrons. The molecule has 1 aliphatic rings. The Hall–Kier alpha value is -0.770. The quantitative estimate of drug-likeness (QED) is 0.685. The maximum Gasteiger partial charge on any atom is 0.409 e. The molecule has 0 aromatic rings. The maximum absolute atomic E-state index is 11.3. The minimum Gasteiger partial charge on any atom is -0.450 e. The first kappa shape index (κ1) is 11.3. The first-order valence-corrected chi connectivity index (χ1v) is 5.42. The summed E-state index contributed by atoms with van der Waals surface area (Å²) < 4.78 is 4.95. The van der Waals surface area contributed by atoms with Gasteiger partial charge in [-0.05, 0) is 19.9 Å². The Labute approximate surface area is 85.8 Å². The molecule has 0 aliphatic carbocycles. The Morgan fingerprint density at radius 2 is 1.86 bits per heavy atom. The molecule has 14 heavy (non-hydrogen) atoms. The lowest BCUT2D eigenvalue weighted by molar-refractivity contribution is 0.0797. The van der Waals surface area contributed by atoms with Crippen LogP contribution in [0.5, 0.6) is 0 Å². The normalized spacial score (nSPS) is 18.3. The van der Waals surface area contributed by atoms with Crippen molar-refractivity contribution in [1.82, 2.24) is 9.80 Å². The molecule has 0 unspecified atom stereocenters. The van der Waals surface area contributed by atoms with Crippen LogP contribution in [0.1, 0.15) is 20.3 Å². The maximum atomic E-state index is 11.3. The second kappa shape index (κ2) is 5.86. The van der Waals surface area contributed by atoms with Gasteiger partial charge in [0.05, 0.1) is 6.61 Å². The number of rotatable bonds is 3. The molecular formula is C10H20N2O2. The molecule has 0 atom stereocenters. The van der Waals surface area contributed by atoms with Crippen molar-refractivity contribution >= 4 is 6.09 Å². The Bertz CT molecular complexity index is 177. The fourth-order valence-electron chi connectivity index (χ4n) is 1.69. The number of carbonyl (C=O) groups is 1. The molecule has 1 heterocycles. The smallest absolute Gasteiger partial charge is 0.409 e. The zero-order chi connectivity index (χ0) is 10.4. The van der Waals surface area contributed by atoms with Crippen LogP contribution in [0.15, 0.2) is 0 Å². The minimum atomic E-state index is -0.163. The number of carbonyl (C=O) groups excluding carboxylic acids is 1. The van der Waals surface area contributed by atoms with E-state index in [1.807, 2.05) is 6.92 Å². The summed E-state index contributed by atoms with van der Waals surface area (Å²) in [6, 6.07) is 0. The number of hydrogen-bond acceptors (Lipinski definition) is 3. The van der Waals surface area contributed by atoms with E-state index in [0.29, 0.717) is 6.61 Å². The molecule has 1 amide bonds. The van der Waals surface area contributed by atoms with Gasteiger partial charge in [0.25, 0.3) is 0 Å². The predicted octanol–water partition coefficient (Wildman–Crippen LogP) is 1.17. The highest BCUT2D eigenvalue weighted by atomic mass is 16.6. The average molecular weight is 200 g/mol. The fourth-order valence-corrected chi connectivity index (χ4v) is 1.69. The van der Waals surface area contributed by atoms with Crippen LogP contribution in [-0.2, 0) is 4.74 Å². The van der Waals surface area contributed by atoms with Crippen molar-refractivity contribution in [3.8, 4) is 0 Å². The van der Waals surface area contributed by atoms with E-state index in [0.717, 1.165) is 32.7 Å².